The lowest BCUT2D eigenvalue weighted by atomic mass is 9.99. The molecular formula is C28H29N3O7. The first kappa shape index (κ1) is 25.1. The van der Waals surface area contributed by atoms with Gasteiger partial charge in [-0.15, -0.1) is 5.10 Å². The van der Waals surface area contributed by atoms with Crippen molar-refractivity contribution in [3.63, 3.8) is 0 Å². The van der Waals surface area contributed by atoms with E-state index in [4.69, 9.17) is 23.7 Å². The van der Waals surface area contributed by atoms with Crippen molar-refractivity contribution < 1.29 is 33.9 Å². The van der Waals surface area contributed by atoms with Gasteiger partial charge in [-0.2, -0.15) is 0 Å². The zero-order valence-electron chi connectivity index (χ0n) is 21.6. The molecular weight excluding hydrogens is 490 g/mol. The number of methoxy groups -OCH3 is 3. The van der Waals surface area contributed by atoms with Crippen molar-refractivity contribution in [2.45, 2.75) is 19.9 Å². The summed E-state index contributed by atoms with van der Waals surface area (Å²) < 4.78 is 29.8. The molecule has 10 heteroatoms. The van der Waals surface area contributed by atoms with Gasteiger partial charge in [0.05, 0.1) is 33.6 Å². The molecule has 10 nitrogen and oxygen atoms in total. The molecule has 0 aliphatic carbocycles. The van der Waals surface area contributed by atoms with Gasteiger partial charge < -0.3 is 33.9 Å². The summed E-state index contributed by atoms with van der Waals surface area (Å²) in [5.74, 6) is 2.73. The second-order valence-electron chi connectivity index (χ2n) is 8.69. The maximum atomic E-state index is 10.8. The molecule has 198 valence electrons. The highest BCUT2D eigenvalue weighted by molar-refractivity contribution is 5.83. The predicted molar refractivity (Wildman–Crippen MR) is 140 cm³/mol. The number of hydrogen-bond donors (Lipinski definition) is 2. The topological polar surface area (TPSA) is 117 Å². The van der Waals surface area contributed by atoms with Crippen LogP contribution in [0.25, 0.3) is 22.5 Å². The summed E-state index contributed by atoms with van der Waals surface area (Å²) in [6, 6.07) is 12.4. The molecule has 1 aromatic heterocycles. The highest BCUT2D eigenvalue weighted by Gasteiger charge is 2.24. The van der Waals surface area contributed by atoms with Crippen molar-refractivity contribution in [1.82, 2.24) is 15.0 Å². The fourth-order valence-corrected chi connectivity index (χ4v) is 4.58. The van der Waals surface area contributed by atoms with Crippen molar-refractivity contribution in [2.75, 3.05) is 34.5 Å². The Kier molecular flexibility index (Phi) is 6.87. The molecule has 0 amide bonds. The summed E-state index contributed by atoms with van der Waals surface area (Å²) in [5, 5.41) is 30.0. The minimum absolute atomic E-state index is 0.0273. The van der Waals surface area contributed by atoms with Gasteiger partial charge in [0.1, 0.15) is 30.4 Å². The molecule has 1 aliphatic rings. The average molecular weight is 520 g/mol. The Morgan fingerprint density at radius 2 is 1.58 bits per heavy atom. The van der Waals surface area contributed by atoms with E-state index in [0.717, 1.165) is 11.1 Å². The summed E-state index contributed by atoms with van der Waals surface area (Å²) in [6.07, 6.45) is 0.581. The van der Waals surface area contributed by atoms with Crippen LogP contribution >= 0.6 is 0 Å². The number of benzene rings is 3. The van der Waals surface area contributed by atoms with Gasteiger partial charge in [0.15, 0.2) is 23.0 Å². The number of nitrogens with zero attached hydrogens (tertiary/aromatic N) is 3. The summed E-state index contributed by atoms with van der Waals surface area (Å²) in [6.45, 7) is 3.18. The second kappa shape index (κ2) is 10.4. The Bertz CT molecular complexity index is 1460. The van der Waals surface area contributed by atoms with Crippen LogP contribution in [-0.4, -0.2) is 59.8 Å². The van der Waals surface area contributed by atoms with Crippen molar-refractivity contribution in [3.05, 3.63) is 53.6 Å². The Balaban J connectivity index is 1.68. The molecule has 0 atom stereocenters. The third kappa shape index (κ3) is 4.49. The fourth-order valence-electron chi connectivity index (χ4n) is 4.58. The lowest BCUT2D eigenvalue weighted by Crippen LogP contribution is -2.15. The Morgan fingerprint density at radius 1 is 0.868 bits per heavy atom. The third-order valence-corrected chi connectivity index (χ3v) is 6.44. The molecule has 4 aromatic rings. The Morgan fingerprint density at radius 3 is 2.24 bits per heavy atom. The van der Waals surface area contributed by atoms with Crippen molar-refractivity contribution in [1.29, 1.82) is 0 Å². The van der Waals surface area contributed by atoms with Gasteiger partial charge in [-0.1, -0.05) is 12.1 Å². The van der Waals surface area contributed by atoms with E-state index in [9.17, 15) is 10.2 Å². The molecule has 0 unspecified atom stereocenters. The van der Waals surface area contributed by atoms with Crippen molar-refractivity contribution in [3.8, 4) is 62.8 Å². The number of ether oxygens (including phenoxy) is 5. The van der Waals surface area contributed by atoms with Gasteiger partial charge in [0, 0.05) is 17.2 Å². The number of rotatable bonds is 8. The molecule has 0 fully saturated rings. The molecule has 0 saturated heterocycles. The fraction of sp³-hybridized carbons (Fsp3) is 0.286. The summed E-state index contributed by atoms with van der Waals surface area (Å²) in [7, 11) is 4.68. The van der Waals surface area contributed by atoms with Gasteiger partial charge in [0.25, 0.3) is 0 Å². The van der Waals surface area contributed by atoms with Crippen LogP contribution in [-0.2, 0) is 13.0 Å². The number of hydrogen-bond acceptors (Lipinski definition) is 9. The minimum atomic E-state index is -0.0988. The van der Waals surface area contributed by atoms with Crippen LogP contribution < -0.4 is 23.7 Å². The molecule has 3 aromatic carbocycles. The molecule has 2 N–H and O–H groups in total. The number of fused-ring (bicyclic) bond motifs is 1. The lowest BCUT2D eigenvalue weighted by molar-refractivity contribution is 0.171. The van der Waals surface area contributed by atoms with E-state index in [1.807, 2.05) is 37.3 Å². The van der Waals surface area contributed by atoms with Crippen LogP contribution in [0.5, 0.6) is 40.2 Å². The van der Waals surface area contributed by atoms with Crippen LogP contribution in [0.4, 0.5) is 0 Å². The summed E-state index contributed by atoms with van der Waals surface area (Å²) in [4.78, 5) is 0. The number of phenols is 2. The molecule has 0 spiro atoms. The number of aromatic nitrogens is 3. The first-order valence-corrected chi connectivity index (χ1v) is 12.1. The zero-order valence-corrected chi connectivity index (χ0v) is 21.6. The largest absolute Gasteiger partial charge is 0.508 e. The molecule has 5 rings (SSSR count). The predicted octanol–water partition coefficient (Wildman–Crippen LogP) is 4.43. The van der Waals surface area contributed by atoms with Gasteiger partial charge in [0.2, 0.25) is 5.75 Å². The third-order valence-electron chi connectivity index (χ3n) is 6.44. The van der Waals surface area contributed by atoms with Crippen molar-refractivity contribution in [2.24, 2.45) is 0 Å². The van der Waals surface area contributed by atoms with Gasteiger partial charge in [-0.05, 0) is 53.9 Å². The van der Waals surface area contributed by atoms with E-state index in [0.29, 0.717) is 77.4 Å². The molecule has 1 aliphatic heterocycles. The Hall–Kier alpha value is -4.60. The SMILES string of the molecule is CCc1cc(-c2nnn(Cc3cc(OC)c(OC)c(OC)c3)c2-c2ccc3c(c2)OCCO3)c(O)cc1O. The quantitative estimate of drug-likeness (QED) is 0.349. The first-order valence-electron chi connectivity index (χ1n) is 12.1. The Labute approximate surface area is 219 Å². The van der Waals surface area contributed by atoms with Crippen LogP contribution in [0.3, 0.4) is 0 Å². The minimum Gasteiger partial charge on any atom is -0.508 e. The molecule has 38 heavy (non-hydrogen) atoms. The molecule has 0 bridgehead atoms. The zero-order chi connectivity index (χ0) is 26.8. The van der Waals surface area contributed by atoms with Crippen LogP contribution in [0, 0.1) is 0 Å². The van der Waals surface area contributed by atoms with Crippen LogP contribution in [0.15, 0.2) is 42.5 Å². The molecule has 2 heterocycles. The number of aromatic hydroxyl groups is 2. The molecule has 0 saturated carbocycles. The van der Waals surface area contributed by atoms with E-state index in [1.54, 1.807) is 32.1 Å². The maximum absolute atomic E-state index is 10.8. The van der Waals surface area contributed by atoms with E-state index < -0.39 is 0 Å². The number of phenolic OH excluding ortho intramolecular Hbond substituents is 2. The van der Waals surface area contributed by atoms with Gasteiger partial charge in [-0.3, -0.25) is 0 Å². The van der Waals surface area contributed by atoms with Crippen molar-refractivity contribution >= 4 is 0 Å². The van der Waals surface area contributed by atoms with Gasteiger partial charge >= 0.3 is 0 Å². The van der Waals surface area contributed by atoms with Crippen LogP contribution in [0.2, 0.25) is 0 Å². The second-order valence-corrected chi connectivity index (χ2v) is 8.69. The monoisotopic (exact) mass is 519 g/mol. The normalized spacial score (nSPS) is 12.3. The first-order chi connectivity index (χ1) is 18.5. The molecule has 0 radical (unpaired) electrons. The summed E-state index contributed by atoms with van der Waals surface area (Å²) in [5.41, 5.74) is 3.86. The highest BCUT2D eigenvalue weighted by atomic mass is 16.6. The standard InChI is InChI=1S/C28H29N3O7/c1-5-17-12-19(21(33)14-20(17)32)26-27(18-6-7-22-23(13-18)38-9-8-37-22)31(30-29-26)15-16-10-24(34-2)28(36-4)25(11-16)35-3/h6-7,10-14,32-33H,5,8-9,15H2,1-4H3. The average Bonchev–Trinajstić information content (AvgIpc) is 3.35. The lowest BCUT2D eigenvalue weighted by Gasteiger charge is -2.19. The van der Waals surface area contributed by atoms with Crippen LogP contribution in [0.1, 0.15) is 18.1 Å². The smallest absolute Gasteiger partial charge is 0.203 e. The number of aryl methyl sites for hydroxylation is 1. The van der Waals surface area contributed by atoms with Gasteiger partial charge in [-0.25, -0.2) is 4.68 Å². The summed E-state index contributed by atoms with van der Waals surface area (Å²) >= 11 is 0. The van der Waals surface area contributed by atoms with E-state index >= 15 is 0 Å². The highest BCUT2D eigenvalue weighted by Crippen LogP contribution is 2.43. The van der Waals surface area contributed by atoms with E-state index in [2.05, 4.69) is 10.3 Å². The van der Waals surface area contributed by atoms with E-state index in [-0.39, 0.29) is 11.5 Å². The maximum Gasteiger partial charge on any atom is 0.203 e. The van der Waals surface area contributed by atoms with E-state index in [1.165, 1.54) is 6.07 Å².